The number of ketones is 1. The molecule has 0 saturated heterocycles. The molecule has 53 heavy (non-hydrogen) atoms. The Hall–Kier alpha value is -3.36. The van der Waals surface area contributed by atoms with Gasteiger partial charge in [-0.25, -0.2) is 9.97 Å². The number of Topliss-reactive ketones (excluding diaryl/α,β-unsaturated/α-hetero) is 1. The first-order valence-corrected chi connectivity index (χ1v) is 20.1. The molecule has 0 radical (unpaired) electrons. The van der Waals surface area contributed by atoms with Gasteiger partial charge in [0.05, 0.1) is 17.9 Å². The van der Waals surface area contributed by atoms with Gasteiger partial charge < -0.3 is 15.2 Å². The summed E-state index contributed by atoms with van der Waals surface area (Å²) in [5, 5.41) is 12.6. The Labute approximate surface area is 316 Å². The van der Waals surface area contributed by atoms with Crippen molar-refractivity contribution in [2.45, 2.75) is 146 Å². The molecule has 5 aliphatic rings. The number of aliphatic carboxylic acids is 1. The van der Waals surface area contributed by atoms with E-state index in [0.29, 0.717) is 24.1 Å². The van der Waals surface area contributed by atoms with Crippen LogP contribution in [0.4, 0.5) is 0 Å². The molecule has 1 heterocycles. The van der Waals surface area contributed by atoms with E-state index < -0.39 is 22.8 Å². The Balaban J connectivity index is 1.27. The van der Waals surface area contributed by atoms with Crippen molar-refractivity contribution in [2.24, 2.45) is 56.2 Å². The number of nitrogens with zero attached hydrogens (tertiary/aromatic N) is 2. The number of esters is 1. The quantitative estimate of drug-likeness (QED) is 0.191. The highest BCUT2D eigenvalue weighted by Gasteiger charge is 2.70. The van der Waals surface area contributed by atoms with E-state index in [1.54, 1.807) is 38.4 Å². The van der Waals surface area contributed by atoms with Crippen LogP contribution < -0.4 is 5.32 Å². The number of nitrogens with one attached hydrogen (secondary N) is 1. The SMILES string of the molecule is CC(C)C1=C2[C@H]3CC[C@@H]4[C@@]5(C)CC[C@H](OC(=O)CC(C)(C)C(=O)O)C(C)(C)[C@@H]5CC[C@@]4(C)[C@]3(C)CC[C@@]2(C=CC(=O)N[C@@H](C)c2ncccn2)CC1=O. The number of carboxylic acids is 1. The number of carbonyl (C=O) groups is 4. The number of hydrogen-bond donors (Lipinski definition) is 2. The predicted molar refractivity (Wildman–Crippen MR) is 203 cm³/mol. The Kier molecular flexibility index (Phi) is 9.97. The van der Waals surface area contributed by atoms with Gasteiger partial charge in [-0.1, -0.05) is 54.5 Å². The molecule has 9 heteroatoms. The van der Waals surface area contributed by atoms with Crippen molar-refractivity contribution in [3.63, 3.8) is 0 Å². The van der Waals surface area contributed by atoms with E-state index in [9.17, 15) is 24.3 Å². The van der Waals surface area contributed by atoms with E-state index in [1.807, 2.05) is 6.92 Å². The third-order valence-electron chi connectivity index (χ3n) is 15.7. The molecule has 0 unspecified atom stereocenters. The highest BCUT2D eigenvalue weighted by molar-refractivity contribution is 6.01. The molecule has 1 aromatic heterocycles. The molecule has 0 spiro atoms. The summed E-state index contributed by atoms with van der Waals surface area (Å²) in [6, 6.07) is 1.42. The minimum Gasteiger partial charge on any atom is -0.481 e. The lowest BCUT2D eigenvalue weighted by Crippen LogP contribution is -2.65. The largest absolute Gasteiger partial charge is 0.481 e. The van der Waals surface area contributed by atoms with Crippen LogP contribution in [0.5, 0.6) is 0 Å². The monoisotopic (exact) mass is 729 g/mol. The summed E-state index contributed by atoms with van der Waals surface area (Å²) >= 11 is 0. The van der Waals surface area contributed by atoms with Crippen LogP contribution in [0, 0.1) is 56.2 Å². The lowest BCUT2D eigenvalue weighted by atomic mass is 9.33. The molecule has 2 N–H and O–H groups in total. The van der Waals surface area contributed by atoms with Crippen molar-refractivity contribution in [3.8, 4) is 0 Å². The van der Waals surface area contributed by atoms with Crippen LogP contribution in [0.3, 0.4) is 0 Å². The molecule has 0 aliphatic heterocycles. The van der Waals surface area contributed by atoms with Crippen molar-refractivity contribution in [2.75, 3.05) is 0 Å². The van der Waals surface area contributed by atoms with Crippen molar-refractivity contribution in [1.29, 1.82) is 0 Å². The summed E-state index contributed by atoms with van der Waals surface area (Å²) in [5.74, 6) is 0.381. The zero-order valence-electron chi connectivity index (χ0n) is 33.8. The predicted octanol–water partition coefficient (Wildman–Crippen LogP) is 8.60. The molecule has 1 aromatic rings. The summed E-state index contributed by atoms with van der Waals surface area (Å²) in [6.07, 6.45) is 14.9. The van der Waals surface area contributed by atoms with E-state index >= 15 is 0 Å². The third kappa shape index (κ3) is 6.30. The number of ether oxygens (including phenoxy) is 1. The van der Waals surface area contributed by atoms with Crippen LogP contribution in [0.15, 0.2) is 41.8 Å². The number of hydrogen-bond acceptors (Lipinski definition) is 7. The Morgan fingerprint density at radius 1 is 0.943 bits per heavy atom. The van der Waals surface area contributed by atoms with E-state index in [-0.39, 0.29) is 63.8 Å². The average molecular weight is 730 g/mol. The summed E-state index contributed by atoms with van der Waals surface area (Å²) in [4.78, 5) is 60.7. The maximum absolute atomic E-state index is 14.0. The van der Waals surface area contributed by atoms with E-state index in [2.05, 4.69) is 69.8 Å². The Bertz CT molecular complexity index is 1710. The number of aromatic nitrogens is 2. The first-order chi connectivity index (χ1) is 24.6. The van der Waals surface area contributed by atoms with Gasteiger partial charge in [0.2, 0.25) is 5.91 Å². The van der Waals surface area contributed by atoms with Crippen LogP contribution in [0.25, 0.3) is 0 Å². The maximum atomic E-state index is 14.0. The van der Waals surface area contributed by atoms with Crippen LogP contribution in [0.2, 0.25) is 0 Å². The van der Waals surface area contributed by atoms with Crippen LogP contribution >= 0.6 is 0 Å². The van der Waals surface area contributed by atoms with Gasteiger partial charge in [-0.05, 0) is 135 Å². The second-order valence-electron chi connectivity index (χ2n) is 19.7. The third-order valence-corrected chi connectivity index (χ3v) is 15.7. The fourth-order valence-electron chi connectivity index (χ4n) is 12.8. The molecule has 0 aromatic carbocycles. The maximum Gasteiger partial charge on any atom is 0.309 e. The minimum absolute atomic E-state index is 0.0153. The van der Waals surface area contributed by atoms with Gasteiger partial charge >= 0.3 is 11.9 Å². The molecule has 4 fully saturated rings. The number of fused-ring (bicyclic) bond motifs is 7. The van der Waals surface area contributed by atoms with Crippen LogP contribution in [-0.4, -0.2) is 44.8 Å². The molecule has 1 amide bonds. The smallest absolute Gasteiger partial charge is 0.309 e. The van der Waals surface area contributed by atoms with Crippen molar-refractivity contribution in [3.05, 3.63) is 47.6 Å². The average Bonchev–Trinajstić information content (AvgIpc) is 3.38. The normalized spacial score (nSPS) is 37.0. The molecule has 9 nitrogen and oxygen atoms in total. The van der Waals surface area contributed by atoms with Crippen LogP contribution in [0.1, 0.15) is 145 Å². The van der Waals surface area contributed by atoms with Crippen molar-refractivity contribution < 1.29 is 29.0 Å². The topological polar surface area (TPSA) is 136 Å². The first kappa shape index (κ1) is 39.3. The number of allylic oxidation sites excluding steroid dienone is 3. The first-order valence-electron chi connectivity index (χ1n) is 20.1. The number of carbonyl (C=O) groups excluding carboxylic acids is 3. The molecular formula is C44H63N3O6. The molecule has 6 rings (SSSR count). The lowest BCUT2D eigenvalue weighted by molar-refractivity contribution is -0.232. The summed E-state index contributed by atoms with van der Waals surface area (Å²) in [7, 11) is 0. The second kappa shape index (κ2) is 13.4. The van der Waals surface area contributed by atoms with Crippen LogP contribution in [-0.2, 0) is 23.9 Å². The number of carboxylic acid groups (broad SMARTS) is 1. The van der Waals surface area contributed by atoms with Gasteiger partial charge in [0, 0.05) is 29.6 Å². The molecular weight excluding hydrogens is 666 g/mol. The molecule has 5 aliphatic carbocycles. The molecule has 0 bridgehead atoms. The Morgan fingerprint density at radius 3 is 2.26 bits per heavy atom. The standard InChI is InChI=1S/C44H63N3O6/c1-26(2)35-29(48)24-44(19-16-33(49)47-27(3)37-45-22-11-23-46-37)21-20-42(9)28(36(35)44)12-13-31-41(8)17-15-32(53-34(50)25-39(4,5)38(51)52)40(6,7)30(41)14-18-43(31,42)10/h11,16,19,22-23,26-28,30-32H,12-15,17-18,20-21,24-25H2,1-10H3,(H,47,49)(H,51,52)/t27-,28+,30-,31+,32-,41-,42+,43+,44-/m0/s1. The van der Waals surface area contributed by atoms with Gasteiger partial charge in [0.25, 0.3) is 0 Å². The summed E-state index contributed by atoms with van der Waals surface area (Å²) in [6.45, 7) is 21.4. The zero-order chi connectivity index (χ0) is 38.9. The molecule has 4 saturated carbocycles. The molecule has 9 atom stereocenters. The van der Waals surface area contributed by atoms with Crippen molar-refractivity contribution >= 4 is 23.6 Å². The number of rotatable bonds is 9. The van der Waals surface area contributed by atoms with Crippen molar-refractivity contribution in [1.82, 2.24) is 15.3 Å². The second-order valence-corrected chi connectivity index (χ2v) is 19.7. The Morgan fingerprint density at radius 2 is 1.62 bits per heavy atom. The minimum atomic E-state index is -1.17. The van der Waals surface area contributed by atoms with Gasteiger partial charge in [-0.3, -0.25) is 19.2 Å². The van der Waals surface area contributed by atoms with Gasteiger partial charge in [-0.2, -0.15) is 0 Å². The fraction of sp³-hybridized carbons (Fsp3) is 0.727. The van der Waals surface area contributed by atoms with E-state index in [4.69, 9.17) is 4.74 Å². The summed E-state index contributed by atoms with van der Waals surface area (Å²) < 4.78 is 6.16. The lowest BCUT2D eigenvalue weighted by Gasteiger charge is -2.72. The van der Waals surface area contributed by atoms with E-state index in [0.717, 1.165) is 56.9 Å². The summed E-state index contributed by atoms with van der Waals surface area (Å²) in [5.41, 5.74) is 0.516. The van der Waals surface area contributed by atoms with E-state index in [1.165, 1.54) is 5.57 Å². The number of amides is 1. The van der Waals surface area contributed by atoms with Gasteiger partial charge in [-0.15, -0.1) is 0 Å². The molecule has 290 valence electrons. The highest BCUT2D eigenvalue weighted by Crippen LogP contribution is 2.77. The van der Waals surface area contributed by atoms with Gasteiger partial charge in [0.15, 0.2) is 5.78 Å². The fourth-order valence-corrected chi connectivity index (χ4v) is 12.8. The van der Waals surface area contributed by atoms with Gasteiger partial charge in [0.1, 0.15) is 11.9 Å². The highest BCUT2D eigenvalue weighted by atomic mass is 16.5. The zero-order valence-corrected chi connectivity index (χ0v) is 33.8.